The Morgan fingerprint density at radius 1 is 0.714 bits per heavy atom. The lowest BCUT2D eigenvalue weighted by Crippen LogP contribution is -1.91. The molecule has 0 atom stereocenters. The molecule has 10 heteroatoms. The Kier molecular flexibility index (Phi) is 7.39. The minimum Gasteiger partial charge on any atom is -0.497 e. The minimum atomic E-state index is 0.547. The third-order valence-electron chi connectivity index (χ3n) is 4.93. The zero-order chi connectivity index (χ0) is 24.5. The van der Waals surface area contributed by atoms with Crippen LogP contribution < -0.4 is 4.74 Å². The fourth-order valence-corrected chi connectivity index (χ4v) is 6.62. The standard InChI is InChI=1S/C25H15Cl4N3OS2/c1-33-18-4-2-13(3-5-18)22-12-21-23(30-22)31-25(35-20-10-16(28)7-17(29)11-20)32-24(21)34-19-8-14(26)6-15(27)9-19/h2-12H,1H3,(H,30,31,32). The van der Waals surface area contributed by atoms with Gasteiger partial charge in [-0.2, -0.15) is 0 Å². The minimum absolute atomic E-state index is 0.547. The molecular formula is C25H15Cl4N3OS2. The summed E-state index contributed by atoms with van der Waals surface area (Å²) in [4.78, 5) is 14.7. The van der Waals surface area contributed by atoms with Gasteiger partial charge in [0.2, 0.25) is 0 Å². The molecule has 0 aliphatic rings. The van der Waals surface area contributed by atoms with Crippen molar-refractivity contribution >= 4 is 81.0 Å². The molecule has 0 saturated heterocycles. The van der Waals surface area contributed by atoms with Crippen LogP contribution in [0.4, 0.5) is 0 Å². The molecule has 0 radical (unpaired) electrons. The molecule has 0 fully saturated rings. The maximum absolute atomic E-state index is 6.24. The van der Waals surface area contributed by atoms with Crippen LogP contribution in [-0.4, -0.2) is 22.1 Å². The van der Waals surface area contributed by atoms with E-state index in [4.69, 9.17) is 61.1 Å². The number of aromatic amines is 1. The Balaban J connectivity index is 1.60. The number of fused-ring (bicyclic) bond motifs is 1. The van der Waals surface area contributed by atoms with E-state index in [-0.39, 0.29) is 0 Å². The fourth-order valence-electron chi connectivity index (χ4n) is 3.40. The monoisotopic (exact) mass is 577 g/mol. The van der Waals surface area contributed by atoms with E-state index in [1.165, 1.54) is 23.5 Å². The number of methoxy groups -OCH3 is 1. The molecule has 0 aliphatic heterocycles. The summed E-state index contributed by atoms with van der Waals surface area (Å²) in [6.07, 6.45) is 0. The molecule has 4 nitrogen and oxygen atoms in total. The number of H-pyrrole nitrogens is 1. The van der Waals surface area contributed by atoms with E-state index < -0.39 is 0 Å². The first-order valence-electron chi connectivity index (χ1n) is 10.2. The Morgan fingerprint density at radius 3 is 1.86 bits per heavy atom. The summed E-state index contributed by atoms with van der Waals surface area (Å²) < 4.78 is 5.28. The third kappa shape index (κ3) is 5.85. The molecule has 0 amide bonds. The smallest absolute Gasteiger partial charge is 0.195 e. The quantitative estimate of drug-likeness (QED) is 0.160. The van der Waals surface area contributed by atoms with Gasteiger partial charge in [0.15, 0.2) is 5.16 Å². The van der Waals surface area contributed by atoms with Crippen LogP contribution in [0.3, 0.4) is 0 Å². The number of nitrogens with one attached hydrogen (secondary N) is 1. The highest BCUT2D eigenvalue weighted by Crippen LogP contribution is 2.39. The van der Waals surface area contributed by atoms with Crippen molar-refractivity contribution in [2.75, 3.05) is 7.11 Å². The van der Waals surface area contributed by atoms with Crippen LogP contribution >= 0.6 is 69.9 Å². The molecule has 176 valence electrons. The molecule has 0 aliphatic carbocycles. The molecule has 35 heavy (non-hydrogen) atoms. The third-order valence-corrected chi connectivity index (χ3v) is 7.61. The lowest BCUT2D eigenvalue weighted by atomic mass is 10.1. The van der Waals surface area contributed by atoms with Crippen molar-refractivity contribution in [1.82, 2.24) is 15.0 Å². The van der Waals surface area contributed by atoms with Gasteiger partial charge in [-0.25, -0.2) is 9.97 Å². The molecule has 2 aromatic heterocycles. The second kappa shape index (κ2) is 10.5. The van der Waals surface area contributed by atoms with E-state index in [9.17, 15) is 0 Å². The molecule has 0 saturated carbocycles. The van der Waals surface area contributed by atoms with Crippen LogP contribution in [0.2, 0.25) is 20.1 Å². The van der Waals surface area contributed by atoms with E-state index in [1.54, 1.807) is 19.2 Å². The number of nitrogens with zero attached hydrogens (tertiary/aromatic N) is 2. The summed E-state index contributed by atoms with van der Waals surface area (Å²) >= 11 is 27.7. The van der Waals surface area contributed by atoms with Crippen molar-refractivity contribution in [2.45, 2.75) is 20.0 Å². The average Bonchev–Trinajstić information content (AvgIpc) is 3.22. The summed E-state index contributed by atoms with van der Waals surface area (Å²) in [5.74, 6) is 0.789. The number of hydrogen-bond donors (Lipinski definition) is 1. The van der Waals surface area contributed by atoms with E-state index >= 15 is 0 Å². The molecule has 0 unspecified atom stereocenters. The predicted molar refractivity (Wildman–Crippen MR) is 147 cm³/mol. The number of rotatable bonds is 6. The van der Waals surface area contributed by atoms with E-state index in [0.717, 1.165) is 37.2 Å². The van der Waals surface area contributed by atoms with Gasteiger partial charge in [-0.05, 0) is 84.1 Å². The first-order valence-corrected chi connectivity index (χ1v) is 13.3. The van der Waals surface area contributed by atoms with E-state index in [1.807, 2.05) is 54.6 Å². The topological polar surface area (TPSA) is 50.8 Å². The molecule has 5 rings (SSSR count). The van der Waals surface area contributed by atoms with Gasteiger partial charge in [-0.15, -0.1) is 0 Å². The van der Waals surface area contributed by atoms with Gasteiger partial charge < -0.3 is 9.72 Å². The zero-order valence-corrected chi connectivity index (χ0v) is 22.6. The molecule has 0 spiro atoms. The molecular weight excluding hydrogens is 564 g/mol. The normalized spacial score (nSPS) is 11.2. The Bertz CT molecular complexity index is 1500. The van der Waals surface area contributed by atoms with Crippen LogP contribution in [0.5, 0.6) is 5.75 Å². The van der Waals surface area contributed by atoms with Crippen molar-refractivity contribution in [1.29, 1.82) is 0 Å². The molecule has 0 bridgehead atoms. The zero-order valence-electron chi connectivity index (χ0n) is 18.0. The second-order valence-corrected chi connectivity index (χ2v) is 11.2. The molecule has 2 heterocycles. The van der Waals surface area contributed by atoms with Crippen molar-refractivity contribution in [3.63, 3.8) is 0 Å². The summed E-state index contributed by atoms with van der Waals surface area (Å²) in [6, 6.07) is 20.6. The Labute approximate surface area is 230 Å². The van der Waals surface area contributed by atoms with Crippen LogP contribution in [0.15, 0.2) is 86.7 Å². The molecule has 1 N–H and O–H groups in total. The van der Waals surface area contributed by atoms with Crippen LogP contribution in [0.25, 0.3) is 22.3 Å². The van der Waals surface area contributed by atoms with Crippen molar-refractivity contribution < 1.29 is 4.74 Å². The SMILES string of the molecule is COc1ccc(-c2cc3c(Sc4cc(Cl)cc(Cl)c4)nc(Sc4cc(Cl)cc(Cl)c4)nc3[nH]2)cc1. The molecule has 5 aromatic rings. The van der Waals surface area contributed by atoms with Crippen LogP contribution in [0.1, 0.15) is 0 Å². The van der Waals surface area contributed by atoms with Gasteiger partial charge >= 0.3 is 0 Å². The lowest BCUT2D eigenvalue weighted by Gasteiger charge is -2.07. The largest absolute Gasteiger partial charge is 0.497 e. The van der Waals surface area contributed by atoms with Gasteiger partial charge in [-0.3, -0.25) is 0 Å². The number of aromatic nitrogens is 3. The van der Waals surface area contributed by atoms with Gasteiger partial charge in [0.25, 0.3) is 0 Å². The maximum Gasteiger partial charge on any atom is 0.195 e. The highest BCUT2D eigenvalue weighted by atomic mass is 35.5. The van der Waals surface area contributed by atoms with Gasteiger partial charge in [0.05, 0.1) is 12.5 Å². The maximum atomic E-state index is 6.24. The van der Waals surface area contributed by atoms with Gasteiger partial charge in [0, 0.05) is 35.6 Å². The predicted octanol–water partition coefficient (Wildman–Crippen LogP) is 9.55. The first kappa shape index (κ1) is 24.6. The van der Waals surface area contributed by atoms with Gasteiger partial charge in [0.1, 0.15) is 16.4 Å². The lowest BCUT2D eigenvalue weighted by molar-refractivity contribution is 0.415. The summed E-state index contributed by atoms with van der Waals surface area (Å²) in [7, 11) is 1.64. The van der Waals surface area contributed by atoms with Crippen molar-refractivity contribution in [3.05, 3.63) is 86.8 Å². The van der Waals surface area contributed by atoms with E-state index in [2.05, 4.69) is 4.98 Å². The molecule has 3 aromatic carbocycles. The van der Waals surface area contributed by atoms with Crippen LogP contribution in [-0.2, 0) is 0 Å². The van der Waals surface area contributed by atoms with Crippen molar-refractivity contribution in [2.24, 2.45) is 0 Å². The fraction of sp³-hybridized carbons (Fsp3) is 0.0400. The number of benzene rings is 3. The summed E-state index contributed by atoms with van der Waals surface area (Å²) in [5, 5.41) is 4.40. The first-order chi connectivity index (χ1) is 16.9. The number of halogens is 4. The summed E-state index contributed by atoms with van der Waals surface area (Å²) in [5.41, 5.74) is 2.62. The van der Waals surface area contributed by atoms with E-state index in [0.29, 0.717) is 30.9 Å². The highest BCUT2D eigenvalue weighted by molar-refractivity contribution is 8.00. The van der Waals surface area contributed by atoms with Crippen molar-refractivity contribution in [3.8, 4) is 17.0 Å². The Morgan fingerprint density at radius 2 is 1.29 bits per heavy atom. The summed E-state index contributed by atoms with van der Waals surface area (Å²) in [6.45, 7) is 0. The Hall–Kier alpha value is -2.06. The average molecular weight is 579 g/mol. The number of hydrogen-bond acceptors (Lipinski definition) is 5. The highest BCUT2D eigenvalue weighted by Gasteiger charge is 2.16. The number of ether oxygens (including phenoxy) is 1. The second-order valence-electron chi connectivity index (χ2n) is 7.40. The van der Waals surface area contributed by atoms with Gasteiger partial charge in [-0.1, -0.05) is 58.2 Å². The van der Waals surface area contributed by atoms with Crippen LogP contribution in [0, 0.1) is 0 Å².